The van der Waals surface area contributed by atoms with E-state index in [0.29, 0.717) is 18.0 Å². The minimum Gasteiger partial charge on any atom is -0.488 e. The molecule has 2 aliphatic carbocycles. The maximum absolute atomic E-state index is 6.13. The summed E-state index contributed by atoms with van der Waals surface area (Å²) in [5.74, 6) is 0.986. The Bertz CT molecular complexity index is 477. The highest BCUT2D eigenvalue weighted by molar-refractivity contribution is 9.09. The topological polar surface area (TPSA) is 27.7 Å². The second-order valence-electron chi connectivity index (χ2n) is 5.87. The lowest BCUT2D eigenvalue weighted by atomic mass is 9.90. The normalized spacial score (nSPS) is 27.8. The molecule has 1 aromatic rings. The number of methoxy groups -OCH3 is 1. The third-order valence-electron chi connectivity index (χ3n) is 4.39. The van der Waals surface area contributed by atoms with Gasteiger partial charge in [-0.1, -0.05) is 22.0 Å². The van der Waals surface area contributed by atoms with Gasteiger partial charge in [0.05, 0.1) is 13.2 Å². The largest absolute Gasteiger partial charge is 0.488 e. The Kier molecular flexibility index (Phi) is 5.19. The molecule has 1 saturated carbocycles. The lowest BCUT2D eigenvalue weighted by Gasteiger charge is -2.41. The number of alkyl halides is 1. The van der Waals surface area contributed by atoms with Gasteiger partial charge in [-0.15, -0.1) is 0 Å². The molecule has 0 saturated heterocycles. The molecular weight excluding hydrogens is 332 g/mol. The van der Waals surface area contributed by atoms with E-state index in [0.717, 1.165) is 12.2 Å². The molecule has 3 nitrogen and oxygen atoms in total. The van der Waals surface area contributed by atoms with Crippen molar-refractivity contribution >= 4 is 15.9 Å². The van der Waals surface area contributed by atoms with Crippen molar-refractivity contribution in [3.8, 4) is 5.75 Å². The predicted octanol–water partition coefficient (Wildman–Crippen LogP) is 3.51. The van der Waals surface area contributed by atoms with E-state index in [1.54, 1.807) is 7.11 Å². The zero-order chi connectivity index (χ0) is 14.7. The summed E-state index contributed by atoms with van der Waals surface area (Å²) in [6.45, 7) is 1.25. The van der Waals surface area contributed by atoms with Crippen molar-refractivity contribution in [1.82, 2.24) is 0 Å². The van der Waals surface area contributed by atoms with Gasteiger partial charge in [0.2, 0.25) is 0 Å². The summed E-state index contributed by atoms with van der Waals surface area (Å²) < 4.78 is 17.0. The molecule has 116 valence electrons. The first-order valence-electron chi connectivity index (χ1n) is 7.81. The van der Waals surface area contributed by atoms with Crippen molar-refractivity contribution in [3.63, 3.8) is 0 Å². The molecule has 0 amide bonds. The highest BCUT2D eigenvalue weighted by Gasteiger charge is 2.42. The molecule has 1 aromatic carbocycles. The van der Waals surface area contributed by atoms with Gasteiger partial charge in [0.15, 0.2) is 0 Å². The van der Waals surface area contributed by atoms with Gasteiger partial charge >= 0.3 is 0 Å². The first-order valence-corrected chi connectivity index (χ1v) is 8.72. The monoisotopic (exact) mass is 354 g/mol. The predicted molar refractivity (Wildman–Crippen MR) is 86.4 cm³/mol. The van der Waals surface area contributed by atoms with Crippen molar-refractivity contribution in [2.24, 2.45) is 0 Å². The van der Waals surface area contributed by atoms with Crippen LogP contribution >= 0.6 is 15.9 Å². The lowest BCUT2D eigenvalue weighted by molar-refractivity contribution is -0.0865. The molecule has 1 fully saturated rings. The Morgan fingerprint density at radius 1 is 1.14 bits per heavy atom. The Labute approximate surface area is 135 Å². The smallest absolute Gasteiger partial charge is 0.127 e. The quantitative estimate of drug-likeness (QED) is 0.577. The summed E-state index contributed by atoms with van der Waals surface area (Å²) in [6, 6.07) is 6.56. The third-order valence-corrected chi connectivity index (χ3v) is 5.28. The standard InChI is InChI=1S/C17H23BrO3/c1-19-8-9-20-17-15(18)11-16(17)21-14-7-6-12-4-2-3-5-13(12)10-14/h6-7,10,15-17H,2-5,8-9,11H2,1H3. The Morgan fingerprint density at radius 3 is 2.71 bits per heavy atom. The van der Waals surface area contributed by atoms with Crippen molar-refractivity contribution in [1.29, 1.82) is 0 Å². The maximum atomic E-state index is 6.13. The van der Waals surface area contributed by atoms with Crippen LogP contribution < -0.4 is 4.74 Å². The number of fused-ring (bicyclic) bond motifs is 1. The van der Waals surface area contributed by atoms with Gasteiger partial charge in [0.25, 0.3) is 0 Å². The van der Waals surface area contributed by atoms with Crippen molar-refractivity contribution in [2.75, 3.05) is 20.3 Å². The van der Waals surface area contributed by atoms with Gasteiger partial charge in [0, 0.05) is 18.4 Å². The number of benzene rings is 1. The van der Waals surface area contributed by atoms with Crippen LogP contribution in [-0.4, -0.2) is 37.4 Å². The third kappa shape index (κ3) is 3.61. The Balaban J connectivity index is 1.58. The summed E-state index contributed by atoms with van der Waals surface area (Å²) in [5, 5.41) is 0. The molecule has 0 spiro atoms. The van der Waals surface area contributed by atoms with Gasteiger partial charge in [-0.3, -0.25) is 0 Å². The van der Waals surface area contributed by atoms with E-state index in [1.807, 2.05) is 0 Å². The maximum Gasteiger partial charge on any atom is 0.127 e. The Morgan fingerprint density at radius 2 is 1.95 bits per heavy atom. The molecule has 0 bridgehead atoms. The molecule has 4 heteroatoms. The van der Waals surface area contributed by atoms with E-state index >= 15 is 0 Å². The first-order chi connectivity index (χ1) is 10.3. The molecule has 21 heavy (non-hydrogen) atoms. The van der Waals surface area contributed by atoms with Gasteiger partial charge in [-0.25, -0.2) is 0 Å². The van der Waals surface area contributed by atoms with E-state index < -0.39 is 0 Å². The molecule has 0 radical (unpaired) electrons. The average Bonchev–Trinajstić information content (AvgIpc) is 2.51. The van der Waals surface area contributed by atoms with Gasteiger partial charge in [-0.05, 0) is 48.9 Å². The molecule has 3 rings (SSSR count). The van der Waals surface area contributed by atoms with Crippen LogP contribution in [0.15, 0.2) is 18.2 Å². The fourth-order valence-corrected chi connectivity index (χ4v) is 3.94. The molecule has 0 aromatic heterocycles. The molecule has 2 aliphatic rings. The summed E-state index contributed by atoms with van der Waals surface area (Å²) in [5.41, 5.74) is 2.96. The fraction of sp³-hybridized carbons (Fsp3) is 0.647. The molecule has 0 heterocycles. The fourth-order valence-electron chi connectivity index (χ4n) is 3.08. The summed E-state index contributed by atoms with van der Waals surface area (Å²) >= 11 is 3.65. The van der Waals surface area contributed by atoms with Crippen molar-refractivity contribution in [3.05, 3.63) is 29.3 Å². The molecule has 0 aliphatic heterocycles. The number of hydrogen-bond donors (Lipinski definition) is 0. The minimum absolute atomic E-state index is 0.121. The number of ether oxygens (including phenoxy) is 3. The minimum atomic E-state index is 0.121. The van der Waals surface area contributed by atoms with Crippen LogP contribution in [0.4, 0.5) is 0 Å². The zero-order valence-corrected chi connectivity index (χ0v) is 14.1. The van der Waals surface area contributed by atoms with E-state index in [2.05, 4.69) is 34.1 Å². The van der Waals surface area contributed by atoms with E-state index in [-0.39, 0.29) is 12.2 Å². The number of rotatable bonds is 6. The van der Waals surface area contributed by atoms with E-state index in [4.69, 9.17) is 14.2 Å². The first kappa shape index (κ1) is 15.3. The summed E-state index contributed by atoms with van der Waals surface area (Å²) in [7, 11) is 1.69. The van der Waals surface area contributed by atoms with Crippen LogP contribution in [-0.2, 0) is 22.3 Å². The van der Waals surface area contributed by atoms with E-state index in [1.165, 1.54) is 36.8 Å². The van der Waals surface area contributed by atoms with Crippen LogP contribution in [0, 0.1) is 0 Å². The molecular formula is C17H23BrO3. The van der Waals surface area contributed by atoms with Gasteiger partial charge < -0.3 is 14.2 Å². The van der Waals surface area contributed by atoms with Crippen LogP contribution in [0.2, 0.25) is 0 Å². The molecule has 3 unspecified atom stereocenters. The van der Waals surface area contributed by atoms with Crippen LogP contribution in [0.1, 0.15) is 30.4 Å². The van der Waals surface area contributed by atoms with Crippen molar-refractivity contribution < 1.29 is 14.2 Å². The number of aryl methyl sites for hydroxylation is 2. The molecule has 3 atom stereocenters. The van der Waals surface area contributed by atoms with Crippen LogP contribution in [0.5, 0.6) is 5.75 Å². The molecule has 0 N–H and O–H groups in total. The van der Waals surface area contributed by atoms with E-state index in [9.17, 15) is 0 Å². The van der Waals surface area contributed by atoms with Gasteiger partial charge in [0.1, 0.15) is 18.0 Å². The van der Waals surface area contributed by atoms with Crippen molar-refractivity contribution in [2.45, 2.75) is 49.1 Å². The average molecular weight is 355 g/mol. The highest BCUT2D eigenvalue weighted by atomic mass is 79.9. The van der Waals surface area contributed by atoms with Crippen LogP contribution in [0.3, 0.4) is 0 Å². The summed E-state index contributed by atoms with van der Waals surface area (Å²) in [4.78, 5) is 0.386. The van der Waals surface area contributed by atoms with Crippen LogP contribution in [0.25, 0.3) is 0 Å². The zero-order valence-electron chi connectivity index (χ0n) is 12.5. The second kappa shape index (κ2) is 7.12. The Hall–Kier alpha value is -0.580. The van der Waals surface area contributed by atoms with Gasteiger partial charge in [-0.2, -0.15) is 0 Å². The number of halogens is 1. The highest BCUT2D eigenvalue weighted by Crippen LogP contribution is 2.35. The lowest BCUT2D eigenvalue weighted by Crippen LogP contribution is -2.52. The number of hydrogen-bond acceptors (Lipinski definition) is 3. The SMILES string of the molecule is COCCOC1C(Br)CC1Oc1ccc2c(c1)CCCC2. The summed E-state index contributed by atoms with van der Waals surface area (Å²) in [6.07, 6.45) is 6.28. The second-order valence-corrected chi connectivity index (χ2v) is 7.05.